The number of nitrogens with zero attached hydrogens (tertiary/aromatic N) is 3. The third-order valence-corrected chi connectivity index (χ3v) is 2.31. The highest BCUT2D eigenvalue weighted by molar-refractivity contribution is 5.68. The van der Waals surface area contributed by atoms with Crippen LogP contribution in [-0.2, 0) is 0 Å². The molecule has 0 aliphatic heterocycles. The Morgan fingerprint density at radius 1 is 0.889 bits per heavy atom. The Kier molecular flexibility index (Phi) is 3.86. The third-order valence-electron chi connectivity index (χ3n) is 2.31. The zero-order valence-electron chi connectivity index (χ0n) is 10.2. The second-order valence-corrected chi connectivity index (χ2v) is 3.48. The zero-order chi connectivity index (χ0) is 12.8. The Hall–Kier alpha value is -2.43. The molecule has 92 valence electrons. The molecule has 1 aromatic carbocycles. The van der Waals surface area contributed by atoms with Crippen molar-refractivity contribution in [2.75, 3.05) is 14.2 Å². The Morgan fingerprint density at radius 3 is 2.06 bits per heavy atom. The molecule has 5 nitrogen and oxygen atoms in total. The maximum absolute atomic E-state index is 5.19. The van der Waals surface area contributed by atoms with E-state index in [0.717, 1.165) is 17.1 Å². The van der Waals surface area contributed by atoms with Crippen LogP contribution in [0.2, 0.25) is 0 Å². The summed E-state index contributed by atoms with van der Waals surface area (Å²) in [7, 11) is 3.24. The Labute approximate surface area is 105 Å². The predicted octanol–water partition coefficient (Wildman–Crippen LogP) is 2.06. The van der Waals surface area contributed by atoms with Gasteiger partial charge in [-0.2, -0.15) is 0 Å². The van der Waals surface area contributed by atoms with E-state index in [1.54, 1.807) is 20.3 Å². The fraction of sp³-hybridized carbons (Fsp3) is 0.154. The summed E-state index contributed by atoms with van der Waals surface area (Å²) in [6, 6.07) is 5.63. The Balaban J connectivity index is 2.25. The van der Waals surface area contributed by atoms with Gasteiger partial charge in [-0.25, -0.2) is 15.0 Å². The normalized spacial score (nSPS) is 10.6. The van der Waals surface area contributed by atoms with Crippen molar-refractivity contribution in [2.24, 2.45) is 0 Å². The number of rotatable bonds is 4. The molecule has 1 aromatic heterocycles. The average molecular weight is 243 g/mol. The van der Waals surface area contributed by atoms with Gasteiger partial charge in [-0.3, -0.25) is 0 Å². The van der Waals surface area contributed by atoms with E-state index in [1.807, 2.05) is 24.3 Å². The quantitative estimate of drug-likeness (QED) is 0.822. The largest absolute Gasteiger partial charge is 0.497 e. The summed E-state index contributed by atoms with van der Waals surface area (Å²) in [5.41, 5.74) is 0.951. The second-order valence-electron chi connectivity index (χ2n) is 3.48. The van der Waals surface area contributed by atoms with Gasteiger partial charge < -0.3 is 9.47 Å². The van der Waals surface area contributed by atoms with Crippen LogP contribution in [-0.4, -0.2) is 29.2 Å². The van der Waals surface area contributed by atoms with Gasteiger partial charge in [-0.15, -0.1) is 0 Å². The van der Waals surface area contributed by atoms with E-state index in [1.165, 1.54) is 12.7 Å². The van der Waals surface area contributed by atoms with Gasteiger partial charge in [0.05, 0.1) is 14.2 Å². The molecule has 0 aliphatic carbocycles. The third kappa shape index (κ3) is 3.04. The van der Waals surface area contributed by atoms with Crippen LogP contribution in [0.15, 0.2) is 30.9 Å². The molecule has 0 bridgehead atoms. The molecule has 1 heterocycles. The van der Waals surface area contributed by atoms with Gasteiger partial charge in [0, 0.05) is 6.07 Å². The van der Waals surface area contributed by atoms with Crippen LogP contribution in [0.1, 0.15) is 11.4 Å². The van der Waals surface area contributed by atoms with Crippen LogP contribution in [0.25, 0.3) is 12.2 Å². The van der Waals surface area contributed by atoms with E-state index in [2.05, 4.69) is 15.0 Å². The highest BCUT2D eigenvalue weighted by atomic mass is 16.5. The summed E-state index contributed by atoms with van der Waals surface area (Å²) in [5.74, 6) is 2.08. The molecular weight excluding hydrogens is 230 g/mol. The average Bonchev–Trinajstić information content (AvgIpc) is 2.45. The predicted molar refractivity (Wildman–Crippen MR) is 68.3 cm³/mol. The Bertz CT molecular complexity index is 519. The zero-order valence-corrected chi connectivity index (χ0v) is 10.2. The summed E-state index contributed by atoms with van der Waals surface area (Å²) in [4.78, 5) is 11.8. The first kappa shape index (κ1) is 12.0. The van der Waals surface area contributed by atoms with Crippen molar-refractivity contribution in [3.05, 3.63) is 42.2 Å². The SMILES string of the molecule is COc1cc(C=Cc2ncncn2)cc(OC)c1. The van der Waals surface area contributed by atoms with Crippen LogP contribution in [0.3, 0.4) is 0 Å². The standard InChI is InChI=1S/C13H13N3O2/c1-17-11-5-10(6-12(7-11)18-2)3-4-13-15-8-14-9-16-13/h3-9H,1-2H3. The topological polar surface area (TPSA) is 57.1 Å². The van der Waals surface area contributed by atoms with Crippen molar-refractivity contribution in [1.29, 1.82) is 0 Å². The minimum atomic E-state index is 0.604. The summed E-state index contributed by atoms with van der Waals surface area (Å²) < 4.78 is 10.4. The van der Waals surface area contributed by atoms with Crippen molar-refractivity contribution in [2.45, 2.75) is 0 Å². The molecule has 0 amide bonds. The van der Waals surface area contributed by atoms with Crippen molar-refractivity contribution in [3.63, 3.8) is 0 Å². The number of hydrogen-bond acceptors (Lipinski definition) is 5. The molecule has 0 N–H and O–H groups in total. The number of ether oxygens (including phenoxy) is 2. The second kappa shape index (κ2) is 5.77. The van der Waals surface area contributed by atoms with Gasteiger partial charge in [-0.1, -0.05) is 6.08 Å². The molecular formula is C13H13N3O2. The lowest BCUT2D eigenvalue weighted by Gasteiger charge is -2.05. The molecule has 0 radical (unpaired) electrons. The fourth-order valence-electron chi connectivity index (χ4n) is 1.43. The van der Waals surface area contributed by atoms with Crippen molar-refractivity contribution in [1.82, 2.24) is 15.0 Å². The van der Waals surface area contributed by atoms with Crippen LogP contribution in [0, 0.1) is 0 Å². The molecule has 0 atom stereocenters. The van der Waals surface area contributed by atoms with Crippen molar-refractivity contribution >= 4 is 12.2 Å². The molecule has 0 saturated heterocycles. The lowest BCUT2D eigenvalue weighted by atomic mass is 10.2. The van der Waals surface area contributed by atoms with Crippen molar-refractivity contribution < 1.29 is 9.47 Å². The van der Waals surface area contributed by atoms with Gasteiger partial charge in [0.1, 0.15) is 24.2 Å². The van der Waals surface area contributed by atoms with E-state index in [9.17, 15) is 0 Å². The fourth-order valence-corrected chi connectivity index (χ4v) is 1.43. The molecule has 0 aliphatic rings. The van der Waals surface area contributed by atoms with Crippen LogP contribution < -0.4 is 9.47 Å². The molecule has 2 aromatic rings. The molecule has 0 unspecified atom stereocenters. The molecule has 2 rings (SSSR count). The minimum absolute atomic E-state index is 0.604. The highest BCUT2D eigenvalue weighted by Gasteiger charge is 1.99. The van der Waals surface area contributed by atoms with E-state index < -0.39 is 0 Å². The number of benzene rings is 1. The van der Waals surface area contributed by atoms with Gasteiger partial charge in [0.2, 0.25) is 0 Å². The van der Waals surface area contributed by atoms with Gasteiger partial charge in [-0.05, 0) is 23.8 Å². The molecule has 0 fully saturated rings. The maximum atomic E-state index is 5.19. The Morgan fingerprint density at radius 2 is 1.50 bits per heavy atom. The number of hydrogen-bond donors (Lipinski definition) is 0. The van der Waals surface area contributed by atoms with Gasteiger partial charge in [0.25, 0.3) is 0 Å². The lowest BCUT2D eigenvalue weighted by molar-refractivity contribution is 0.394. The van der Waals surface area contributed by atoms with E-state index in [-0.39, 0.29) is 0 Å². The number of methoxy groups -OCH3 is 2. The summed E-state index contributed by atoms with van der Waals surface area (Å²) in [6.45, 7) is 0. The highest BCUT2D eigenvalue weighted by Crippen LogP contribution is 2.23. The smallest absolute Gasteiger partial charge is 0.155 e. The van der Waals surface area contributed by atoms with Gasteiger partial charge >= 0.3 is 0 Å². The first-order chi connectivity index (χ1) is 8.81. The van der Waals surface area contributed by atoms with E-state index in [4.69, 9.17) is 9.47 Å². The van der Waals surface area contributed by atoms with Crippen LogP contribution in [0.4, 0.5) is 0 Å². The summed E-state index contributed by atoms with van der Waals surface area (Å²) in [5, 5.41) is 0. The van der Waals surface area contributed by atoms with Gasteiger partial charge in [0.15, 0.2) is 5.82 Å². The molecule has 0 spiro atoms. The summed E-state index contributed by atoms with van der Waals surface area (Å²) in [6.07, 6.45) is 6.61. The first-order valence-electron chi connectivity index (χ1n) is 5.35. The number of aromatic nitrogens is 3. The van der Waals surface area contributed by atoms with E-state index in [0.29, 0.717) is 5.82 Å². The minimum Gasteiger partial charge on any atom is -0.497 e. The van der Waals surface area contributed by atoms with Crippen LogP contribution in [0.5, 0.6) is 11.5 Å². The molecule has 0 saturated carbocycles. The van der Waals surface area contributed by atoms with Crippen LogP contribution >= 0.6 is 0 Å². The first-order valence-corrected chi connectivity index (χ1v) is 5.35. The summed E-state index contributed by atoms with van der Waals surface area (Å²) >= 11 is 0. The van der Waals surface area contributed by atoms with Crippen molar-refractivity contribution in [3.8, 4) is 11.5 Å². The van der Waals surface area contributed by atoms with E-state index >= 15 is 0 Å². The lowest BCUT2D eigenvalue weighted by Crippen LogP contribution is -1.89. The molecule has 5 heteroatoms. The maximum Gasteiger partial charge on any atom is 0.155 e. The molecule has 18 heavy (non-hydrogen) atoms. The monoisotopic (exact) mass is 243 g/mol.